The van der Waals surface area contributed by atoms with Crippen LogP contribution in [0.2, 0.25) is 0 Å². The molecule has 0 N–H and O–H groups in total. The standard InChI is InChI=1S/C52H33NOS/c1-2-12-34(13-3-1)35-24-26-37(27-25-35)53(39-29-31-50-48(33-39)43-17-6-8-22-49(43)54-50)38-28-30-42(47(32-38)41-19-10-15-36-14-4-5-16-40(36)41)45-20-11-21-46-44-18-7-9-23-51(44)55-52(45)46/h1-33H. The fraction of sp³-hybridized carbons (Fsp3) is 0. The molecule has 11 rings (SSSR count). The van der Waals surface area contributed by atoms with Crippen LogP contribution >= 0.6 is 11.3 Å². The highest BCUT2D eigenvalue weighted by Gasteiger charge is 2.21. The summed E-state index contributed by atoms with van der Waals surface area (Å²) in [6.07, 6.45) is 0. The Morgan fingerprint density at radius 3 is 1.85 bits per heavy atom. The lowest BCUT2D eigenvalue weighted by Gasteiger charge is -2.27. The number of furan rings is 1. The number of para-hydroxylation sites is 1. The summed E-state index contributed by atoms with van der Waals surface area (Å²) in [5.74, 6) is 0. The SMILES string of the molecule is c1ccc(-c2ccc(N(c3ccc(-c4cccc5c4sc4ccccc45)c(-c4cccc5ccccc45)c3)c3ccc4oc5ccccc5c4c3)cc2)cc1. The van der Waals surface area contributed by atoms with E-state index in [0.29, 0.717) is 0 Å². The Morgan fingerprint density at radius 2 is 0.964 bits per heavy atom. The molecule has 0 amide bonds. The molecular weight excluding hydrogens is 687 g/mol. The number of hydrogen-bond acceptors (Lipinski definition) is 3. The summed E-state index contributed by atoms with van der Waals surface area (Å²) >= 11 is 1.88. The molecule has 0 unspecified atom stereocenters. The first kappa shape index (κ1) is 31.6. The third-order valence-corrected chi connectivity index (χ3v) is 12.1. The Morgan fingerprint density at radius 1 is 0.345 bits per heavy atom. The van der Waals surface area contributed by atoms with Gasteiger partial charge in [-0.1, -0.05) is 146 Å². The predicted molar refractivity (Wildman–Crippen MR) is 235 cm³/mol. The normalized spacial score (nSPS) is 11.6. The van der Waals surface area contributed by atoms with Crippen LogP contribution in [0.15, 0.2) is 205 Å². The van der Waals surface area contributed by atoms with E-state index in [1.807, 2.05) is 23.5 Å². The molecule has 9 aromatic carbocycles. The molecule has 0 saturated carbocycles. The van der Waals surface area contributed by atoms with E-state index in [-0.39, 0.29) is 0 Å². The van der Waals surface area contributed by atoms with Crippen LogP contribution in [-0.4, -0.2) is 0 Å². The van der Waals surface area contributed by atoms with Crippen LogP contribution in [0.5, 0.6) is 0 Å². The molecule has 55 heavy (non-hydrogen) atoms. The molecule has 2 nitrogen and oxygen atoms in total. The van der Waals surface area contributed by atoms with E-state index in [4.69, 9.17) is 4.42 Å². The molecule has 0 aliphatic rings. The van der Waals surface area contributed by atoms with Crippen molar-refractivity contribution in [1.82, 2.24) is 0 Å². The average molecular weight is 720 g/mol. The van der Waals surface area contributed by atoms with E-state index in [1.165, 1.54) is 64.3 Å². The second-order valence-corrected chi connectivity index (χ2v) is 15.1. The molecule has 258 valence electrons. The molecule has 0 atom stereocenters. The molecule has 0 bridgehead atoms. The maximum Gasteiger partial charge on any atom is 0.135 e. The third-order valence-electron chi connectivity index (χ3n) is 10.9. The zero-order valence-electron chi connectivity index (χ0n) is 29.8. The molecule has 2 heterocycles. The van der Waals surface area contributed by atoms with E-state index in [1.54, 1.807) is 0 Å². The second-order valence-electron chi connectivity index (χ2n) is 14.1. The lowest BCUT2D eigenvalue weighted by Crippen LogP contribution is -2.10. The van der Waals surface area contributed by atoms with Gasteiger partial charge in [-0.05, 0) is 93.2 Å². The number of nitrogens with zero attached hydrogens (tertiary/aromatic N) is 1. The summed E-state index contributed by atoms with van der Waals surface area (Å²) in [4.78, 5) is 2.38. The van der Waals surface area contributed by atoms with Crippen molar-refractivity contribution in [3.8, 4) is 33.4 Å². The molecule has 0 radical (unpaired) electrons. The lowest BCUT2D eigenvalue weighted by atomic mass is 9.90. The Kier molecular flexibility index (Phi) is 7.39. The highest BCUT2D eigenvalue weighted by Crippen LogP contribution is 2.47. The fourth-order valence-corrected chi connectivity index (χ4v) is 9.51. The van der Waals surface area contributed by atoms with Gasteiger partial charge in [0.15, 0.2) is 0 Å². The van der Waals surface area contributed by atoms with Crippen molar-refractivity contribution in [2.75, 3.05) is 4.90 Å². The van der Waals surface area contributed by atoms with Crippen molar-refractivity contribution < 1.29 is 4.42 Å². The summed E-state index contributed by atoms with van der Waals surface area (Å²) in [5.41, 5.74) is 12.3. The van der Waals surface area contributed by atoms with E-state index in [2.05, 4.69) is 193 Å². The summed E-state index contributed by atoms with van der Waals surface area (Å²) in [6, 6.07) is 72.3. The minimum absolute atomic E-state index is 0.882. The minimum atomic E-state index is 0.882. The zero-order chi connectivity index (χ0) is 36.3. The second kappa shape index (κ2) is 12.9. The Bertz CT molecular complexity index is 3200. The van der Waals surface area contributed by atoms with Gasteiger partial charge in [0, 0.05) is 53.6 Å². The Labute approximate surface area is 322 Å². The number of thiophene rings is 1. The minimum Gasteiger partial charge on any atom is -0.456 e. The Hall–Kier alpha value is -6.94. The molecule has 0 spiro atoms. The quantitative estimate of drug-likeness (QED) is 0.170. The summed E-state index contributed by atoms with van der Waals surface area (Å²) in [7, 11) is 0. The van der Waals surface area contributed by atoms with Gasteiger partial charge in [0.2, 0.25) is 0 Å². The monoisotopic (exact) mass is 719 g/mol. The Balaban J connectivity index is 1.17. The van der Waals surface area contributed by atoms with Gasteiger partial charge in [-0.25, -0.2) is 0 Å². The first-order valence-electron chi connectivity index (χ1n) is 18.7. The molecule has 0 aliphatic carbocycles. The smallest absolute Gasteiger partial charge is 0.135 e. The van der Waals surface area contributed by atoms with Gasteiger partial charge < -0.3 is 9.32 Å². The number of benzene rings is 9. The van der Waals surface area contributed by atoms with Crippen molar-refractivity contribution in [2.45, 2.75) is 0 Å². The molecule has 11 aromatic rings. The number of anilines is 3. The predicted octanol–water partition coefficient (Wildman–Crippen LogP) is 15.6. The lowest BCUT2D eigenvalue weighted by molar-refractivity contribution is 0.669. The van der Waals surface area contributed by atoms with Crippen LogP contribution in [0.1, 0.15) is 0 Å². The van der Waals surface area contributed by atoms with Gasteiger partial charge in [-0.15, -0.1) is 11.3 Å². The molecule has 0 saturated heterocycles. The fourth-order valence-electron chi connectivity index (χ4n) is 8.28. The number of hydrogen-bond donors (Lipinski definition) is 0. The molecule has 3 heteroatoms. The van der Waals surface area contributed by atoms with E-state index in [9.17, 15) is 0 Å². The van der Waals surface area contributed by atoms with Crippen molar-refractivity contribution in [1.29, 1.82) is 0 Å². The topological polar surface area (TPSA) is 16.4 Å². The highest BCUT2D eigenvalue weighted by molar-refractivity contribution is 7.26. The van der Waals surface area contributed by atoms with Gasteiger partial charge in [-0.2, -0.15) is 0 Å². The maximum absolute atomic E-state index is 6.29. The zero-order valence-corrected chi connectivity index (χ0v) is 30.6. The number of rotatable bonds is 6. The first-order valence-corrected chi connectivity index (χ1v) is 19.5. The van der Waals surface area contributed by atoms with Crippen LogP contribution in [-0.2, 0) is 0 Å². The first-order chi connectivity index (χ1) is 27.3. The van der Waals surface area contributed by atoms with Crippen molar-refractivity contribution in [3.05, 3.63) is 200 Å². The average Bonchev–Trinajstić information content (AvgIpc) is 3.83. The van der Waals surface area contributed by atoms with Crippen molar-refractivity contribution in [2.24, 2.45) is 0 Å². The van der Waals surface area contributed by atoms with Crippen molar-refractivity contribution in [3.63, 3.8) is 0 Å². The van der Waals surface area contributed by atoms with Crippen molar-refractivity contribution >= 4 is 81.3 Å². The van der Waals surface area contributed by atoms with Gasteiger partial charge in [-0.3, -0.25) is 0 Å². The van der Waals surface area contributed by atoms with Gasteiger partial charge in [0.05, 0.1) is 0 Å². The molecule has 0 aliphatic heterocycles. The van der Waals surface area contributed by atoms with Crippen LogP contribution in [0.3, 0.4) is 0 Å². The molecular formula is C52H33NOS. The van der Waals surface area contributed by atoms with Crippen LogP contribution in [0.25, 0.3) is 86.3 Å². The van der Waals surface area contributed by atoms with E-state index < -0.39 is 0 Å². The molecule has 0 fully saturated rings. The maximum atomic E-state index is 6.29. The summed E-state index contributed by atoms with van der Waals surface area (Å²) < 4.78 is 8.90. The number of fused-ring (bicyclic) bond motifs is 7. The third kappa shape index (κ3) is 5.32. The highest BCUT2D eigenvalue weighted by atomic mass is 32.1. The molecule has 2 aromatic heterocycles. The van der Waals surface area contributed by atoms with Crippen LogP contribution in [0.4, 0.5) is 17.1 Å². The van der Waals surface area contributed by atoms with Crippen LogP contribution in [0, 0.1) is 0 Å². The van der Waals surface area contributed by atoms with Gasteiger partial charge in [0.1, 0.15) is 11.2 Å². The largest absolute Gasteiger partial charge is 0.456 e. The van der Waals surface area contributed by atoms with Crippen LogP contribution < -0.4 is 4.90 Å². The van der Waals surface area contributed by atoms with Gasteiger partial charge >= 0.3 is 0 Å². The summed E-state index contributed by atoms with van der Waals surface area (Å²) in [6.45, 7) is 0. The van der Waals surface area contributed by atoms with E-state index in [0.717, 1.165) is 39.0 Å². The van der Waals surface area contributed by atoms with Gasteiger partial charge in [0.25, 0.3) is 0 Å². The van der Waals surface area contributed by atoms with E-state index >= 15 is 0 Å². The summed E-state index contributed by atoms with van der Waals surface area (Å²) in [5, 5.41) is 7.27.